The second-order valence-electron chi connectivity index (χ2n) is 12.9. The molecule has 0 aliphatic carbocycles. The van der Waals surface area contributed by atoms with Crippen LogP contribution in [0.3, 0.4) is 0 Å². The molecule has 5 nitrogen and oxygen atoms in total. The average Bonchev–Trinajstić information content (AvgIpc) is 3.55. The summed E-state index contributed by atoms with van der Waals surface area (Å²) < 4.78 is 2.29. The first kappa shape index (κ1) is 29.8. The van der Waals surface area contributed by atoms with Crippen LogP contribution in [0.15, 0.2) is 188 Å². The van der Waals surface area contributed by atoms with E-state index in [1.54, 1.807) is 0 Å². The van der Waals surface area contributed by atoms with Crippen molar-refractivity contribution >= 4 is 28.4 Å². The Balaban J connectivity index is 1.07. The average molecular weight is 666 g/mol. The molecule has 0 spiro atoms. The van der Waals surface area contributed by atoms with Crippen LogP contribution in [-0.4, -0.2) is 19.5 Å². The van der Waals surface area contributed by atoms with E-state index in [9.17, 15) is 0 Å². The zero-order chi connectivity index (χ0) is 34.4. The summed E-state index contributed by atoms with van der Waals surface area (Å²) in [6.07, 6.45) is 0. The van der Waals surface area contributed by atoms with E-state index < -0.39 is 0 Å². The van der Waals surface area contributed by atoms with Crippen molar-refractivity contribution < 1.29 is 0 Å². The molecule has 0 amide bonds. The summed E-state index contributed by atoms with van der Waals surface area (Å²) in [5.74, 6) is 1.55. The summed E-state index contributed by atoms with van der Waals surface area (Å²) in [6, 6.07) is 65.5. The van der Waals surface area contributed by atoms with E-state index in [2.05, 4.69) is 155 Å². The summed E-state index contributed by atoms with van der Waals surface area (Å²) in [5.41, 5.74) is 14.7. The molecule has 244 valence electrons. The van der Waals surface area contributed by atoms with Gasteiger partial charge in [-0.15, -0.1) is 0 Å². The Morgan fingerprint density at radius 1 is 0.365 bits per heavy atom. The van der Waals surface area contributed by atoms with Crippen LogP contribution in [0, 0.1) is 0 Å². The highest BCUT2D eigenvalue weighted by Gasteiger charge is 2.28. The molecule has 0 saturated carbocycles. The molecule has 5 heteroatoms. The number of aromatic nitrogens is 4. The van der Waals surface area contributed by atoms with Gasteiger partial charge in [-0.3, -0.25) is 9.47 Å². The van der Waals surface area contributed by atoms with Gasteiger partial charge in [-0.1, -0.05) is 140 Å². The van der Waals surface area contributed by atoms with Gasteiger partial charge < -0.3 is 0 Å². The van der Waals surface area contributed by atoms with Crippen LogP contribution in [-0.2, 0) is 0 Å². The van der Waals surface area contributed by atoms with Gasteiger partial charge in [0.2, 0.25) is 5.95 Å². The Morgan fingerprint density at radius 3 is 1.63 bits per heavy atom. The Bertz CT molecular complexity index is 2680. The van der Waals surface area contributed by atoms with Crippen molar-refractivity contribution in [3.8, 4) is 61.8 Å². The SMILES string of the molecule is c1ccc(-c2cc(-c3ccccc3)nc(-c3cccc(-c4ccc(N5c6ccccc6-c6ccccc6-n6c5nc5ccccc56)cc4)c3)n2)cc1. The van der Waals surface area contributed by atoms with Crippen molar-refractivity contribution in [1.29, 1.82) is 0 Å². The minimum Gasteiger partial charge on any atom is -0.280 e. The van der Waals surface area contributed by atoms with Gasteiger partial charge in [0, 0.05) is 33.5 Å². The molecule has 1 aliphatic heterocycles. The molecule has 0 N–H and O–H groups in total. The van der Waals surface area contributed by atoms with Crippen molar-refractivity contribution in [2.45, 2.75) is 0 Å². The highest BCUT2D eigenvalue weighted by Crippen LogP contribution is 2.47. The molecule has 7 aromatic carbocycles. The molecular formula is C47H31N5. The molecule has 0 bridgehead atoms. The predicted octanol–water partition coefficient (Wildman–Crippen LogP) is 11.9. The number of rotatable bonds is 5. The van der Waals surface area contributed by atoms with Crippen LogP contribution >= 0.6 is 0 Å². The zero-order valence-corrected chi connectivity index (χ0v) is 28.1. The first-order valence-corrected chi connectivity index (χ1v) is 17.5. The van der Waals surface area contributed by atoms with E-state index in [1.807, 2.05) is 42.5 Å². The predicted molar refractivity (Wildman–Crippen MR) is 212 cm³/mol. The lowest BCUT2D eigenvalue weighted by molar-refractivity contribution is 1.05. The summed E-state index contributed by atoms with van der Waals surface area (Å²) in [5, 5.41) is 0. The van der Waals surface area contributed by atoms with Gasteiger partial charge in [0.15, 0.2) is 5.82 Å². The number of anilines is 3. The highest BCUT2D eigenvalue weighted by atomic mass is 15.3. The molecule has 0 atom stereocenters. The van der Waals surface area contributed by atoms with Crippen LogP contribution in [0.4, 0.5) is 17.3 Å². The maximum Gasteiger partial charge on any atom is 0.220 e. The minimum absolute atomic E-state index is 0.693. The van der Waals surface area contributed by atoms with Gasteiger partial charge in [0.25, 0.3) is 0 Å². The molecule has 0 radical (unpaired) electrons. The fourth-order valence-corrected chi connectivity index (χ4v) is 7.29. The molecule has 0 unspecified atom stereocenters. The van der Waals surface area contributed by atoms with Crippen molar-refractivity contribution in [3.63, 3.8) is 0 Å². The van der Waals surface area contributed by atoms with E-state index in [-0.39, 0.29) is 0 Å². The third kappa shape index (κ3) is 5.07. The minimum atomic E-state index is 0.693. The van der Waals surface area contributed by atoms with Crippen molar-refractivity contribution in [3.05, 3.63) is 188 Å². The Morgan fingerprint density at radius 2 is 0.923 bits per heavy atom. The number of imidazole rings is 1. The van der Waals surface area contributed by atoms with Crippen LogP contribution < -0.4 is 4.90 Å². The quantitative estimate of drug-likeness (QED) is 0.184. The lowest BCUT2D eigenvalue weighted by Gasteiger charge is -2.24. The van der Waals surface area contributed by atoms with Crippen LogP contribution in [0.25, 0.3) is 72.9 Å². The van der Waals surface area contributed by atoms with Crippen molar-refractivity contribution in [2.75, 3.05) is 4.90 Å². The number of nitrogens with zero attached hydrogens (tertiary/aromatic N) is 5. The fourth-order valence-electron chi connectivity index (χ4n) is 7.29. The zero-order valence-electron chi connectivity index (χ0n) is 28.1. The Hall–Kier alpha value is -7.11. The van der Waals surface area contributed by atoms with Crippen LogP contribution in [0.5, 0.6) is 0 Å². The van der Waals surface area contributed by atoms with E-state index in [4.69, 9.17) is 15.0 Å². The number of fused-ring (bicyclic) bond motifs is 7. The summed E-state index contributed by atoms with van der Waals surface area (Å²) in [7, 11) is 0. The highest BCUT2D eigenvalue weighted by molar-refractivity contribution is 5.96. The number of para-hydroxylation sites is 4. The van der Waals surface area contributed by atoms with E-state index in [1.165, 1.54) is 5.56 Å². The van der Waals surface area contributed by atoms with E-state index >= 15 is 0 Å². The molecule has 3 heterocycles. The molecular weight excluding hydrogens is 635 g/mol. The second-order valence-corrected chi connectivity index (χ2v) is 12.9. The van der Waals surface area contributed by atoms with Gasteiger partial charge in [-0.2, -0.15) is 0 Å². The monoisotopic (exact) mass is 665 g/mol. The second kappa shape index (κ2) is 12.3. The third-order valence-corrected chi connectivity index (χ3v) is 9.77. The summed E-state index contributed by atoms with van der Waals surface area (Å²) >= 11 is 0. The van der Waals surface area contributed by atoms with Crippen molar-refractivity contribution in [1.82, 2.24) is 19.5 Å². The Labute approximate surface area is 301 Å². The van der Waals surface area contributed by atoms with Gasteiger partial charge in [-0.05, 0) is 59.7 Å². The van der Waals surface area contributed by atoms with Gasteiger partial charge >= 0.3 is 0 Å². The summed E-state index contributed by atoms with van der Waals surface area (Å²) in [6.45, 7) is 0. The topological polar surface area (TPSA) is 46.8 Å². The normalized spacial score (nSPS) is 11.8. The largest absolute Gasteiger partial charge is 0.280 e. The molecule has 1 aliphatic rings. The lowest BCUT2D eigenvalue weighted by atomic mass is 10.0. The number of benzene rings is 7. The maximum absolute atomic E-state index is 5.23. The molecule has 52 heavy (non-hydrogen) atoms. The number of hydrogen-bond acceptors (Lipinski definition) is 4. The molecule has 10 rings (SSSR count). The smallest absolute Gasteiger partial charge is 0.220 e. The fraction of sp³-hybridized carbons (Fsp3) is 0. The molecule has 9 aromatic rings. The van der Waals surface area contributed by atoms with Gasteiger partial charge in [-0.25, -0.2) is 15.0 Å². The van der Waals surface area contributed by atoms with E-state index in [0.29, 0.717) is 5.82 Å². The molecule has 2 aromatic heterocycles. The maximum atomic E-state index is 5.23. The summed E-state index contributed by atoms with van der Waals surface area (Å²) in [4.78, 5) is 17.6. The van der Waals surface area contributed by atoms with Crippen LogP contribution in [0.1, 0.15) is 0 Å². The van der Waals surface area contributed by atoms with E-state index in [0.717, 1.165) is 78.8 Å². The van der Waals surface area contributed by atoms with Gasteiger partial charge in [0.1, 0.15) is 0 Å². The first-order valence-electron chi connectivity index (χ1n) is 17.5. The number of hydrogen-bond donors (Lipinski definition) is 0. The lowest BCUT2D eigenvalue weighted by Crippen LogP contribution is -2.14. The molecule has 0 saturated heterocycles. The third-order valence-electron chi connectivity index (χ3n) is 9.77. The standard InChI is InChI=1S/C47H31N5/c1-3-14-33(15-4-1)41-31-42(34-16-5-2-6-17-34)49-46(48-41)36-19-13-18-35(30-36)32-26-28-37(29-27-32)51-43-23-10-7-20-38(43)39-21-8-11-24-44(39)52-45-25-12-9-22-40(45)50-47(51)52/h1-31H. The van der Waals surface area contributed by atoms with Crippen molar-refractivity contribution in [2.24, 2.45) is 0 Å². The molecule has 0 fully saturated rings. The Kier molecular flexibility index (Phi) is 7.07. The first-order chi connectivity index (χ1) is 25.8. The van der Waals surface area contributed by atoms with Crippen LogP contribution in [0.2, 0.25) is 0 Å². The van der Waals surface area contributed by atoms with Gasteiger partial charge in [0.05, 0.1) is 33.8 Å².